The number of aryl methyl sites for hydroxylation is 1. The molecule has 1 N–H and O–H groups in total. The molecule has 10 nitrogen and oxygen atoms in total. The van der Waals surface area contributed by atoms with Gasteiger partial charge in [0.15, 0.2) is 0 Å². The number of anilines is 1. The van der Waals surface area contributed by atoms with Gasteiger partial charge in [-0.2, -0.15) is 0 Å². The van der Waals surface area contributed by atoms with E-state index in [0.29, 0.717) is 16.9 Å². The lowest BCUT2D eigenvalue weighted by Gasteiger charge is -2.24. The van der Waals surface area contributed by atoms with Crippen LogP contribution < -0.4 is 5.32 Å². The number of amides is 2. The van der Waals surface area contributed by atoms with Gasteiger partial charge in [-0.1, -0.05) is 19.3 Å². The standard InChI is InChI=1S/C26H30N4O6S/c1-4-36-24(31)15-28-25(32)23(37-26(28)33)13-18-12-16(2)29(17(18)3)20-10-11-21(22(14-20)30(34)35)27-19-8-6-5-7-9-19/h10-14,19,27H,4-9,15H2,1-3H3/b23-13-. The fourth-order valence-corrected chi connectivity index (χ4v) is 5.67. The highest BCUT2D eigenvalue weighted by Crippen LogP contribution is 2.35. The molecule has 2 fully saturated rings. The molecule has 0 unspecified atom stereocenters. The average molecular weight is 527 g/mol. The Balaban J connectivity index is 1.61. The molecule has 2 aliphatic rings. The Labute approximate surface area is 219 Å². The molecule has 1 aromatic carbocycles. The van der Waals surface area contributed by atoms with Crippen molar-refractivity contribution in [1.82, 2.24) is 9.47 Å². The van der Waals surface area contributed by atoms with Crippen molar-refractivity contribution >= 4 is 46.3 Å². The maximum Gasteiger partial charge on any atom is 0.326 e. The minimum absolute atomic E-state index is 0.0113. The van der Waals surface area contributed by atoms with Crippen LogP contribution in [0.4, 0.5) is 16.2 Å². The van der Waals surface area contributed by atoms with Crippen LogP contribution in [0.15, 0.2) is 29.2 Å². The number of thioether (sulfide) groups is 1. The number of aromatic nitrogens is 1. The molecule has 0 spiro atoms. The number of hydrogen-bond donors (Lipinski definition) is 1. The van der Waals surface area contributed by atoms with Gasteiger partial charge in [-0.3, -0.25) is 29.4 Å². The number of esters is 1. The maximum absolute atomic E-state index is 12.8. The van der Waals surface area contributed by atoms with Gasteiger partial charge in [-0.15, -0.1) is 0 Å². The zero-order chi connectivity index (χ0) is 26.7. The van der Waals surface area contributed by atoms with E-state index in [1.807, 2.05) is 30.5 Å². The van der Waals surface area contributed by atoms with Crippen LogP contribution in [-0.4, -0.2) is 50.7 Å². The number of ether oxygens (including phenoxy) is 1. The number of nitro benzene ring substituents is 1. The Morgan fingerprint density at radius 2 is 1.95 bits per heavy atom. The van der Waals surface area contributed by atoms with E-state index >= 15 is 0 Å². The van der Waals surface area contributed by atoms with Crippen LogP contribution in [0, 0.1) is 24.0 Å². The zero-order valence-corrected chi connectivity index (χ0v) is 21.9. The van der Waals surface area contributed by atoms with Crippen molar-refractivity contribution in [1.29, 1.82) is 0 Å². The van der Waals surface area contributed by atoms with E-state index in [1.165, 1.54) is 6.42 Å². The Morgan fingerprint density at radius 3 is 2.62 bits per heavy atom. The molecule has 0 atom stereocenters. The molecule has 2 aromatic rings. The fourth-order valence-electron chi connectivity index (χ4n) is 4.84. The van der Waals surface area contributed by atoms with Crippen molar-refractivity contribution in [2.75, 3.05) is 18.5 Å². The summed E-state index contributed by atoms with van der Waals surface area (Å²) in [7, 11) is 0. The van der Waals surface area contributed by atoms with E-state index in [-0.39, 0.29) is 28.2 Å². The lowest BCUT2D eigenvalue weighted by atomic mass is 9.95. The van der Waals surface area contributed by atoms with Crippen LogP contribution >= 0.6 is 11.8 Å². The topological polar surface area (TPSA) is 124 Å². The van der Waals surface area contributed by atoms with Crippen molar-refractivity contribution in [2.24, 2.45) is 0 Å². The second-order valence-electron chi connectivity index (χ2n) is 9.17. The molecule has 0 bridgehead atoms. The van der Waals surface area contributed by atoms with Crippen LogP contribution in [0.25, 0.3) is 11.8 Å². The van der Waals surface area contributed by atoms with Crippen molar-refractivity contribution in [2.45, 2.75) is 58.9 Å². The third-order valence-corrected chi connectivity index (χ3v) is 7.53. The predicted octanol–water partition coefficient (Wildman–Crippen LogP) is 5.35. The summed E-state index contributed by atoms with van der Waals surface area (Å²) >= 11 is 0.765. The van der Waals surface area contributed by atoms with Crippen LogP contribution in [0.1, 0.15) is 56.0 Å². The molecule has 1 aliphatic carbocycles. The maximum atomic E-state index is 12.8. The molecular weight excluding hydrogens is 496 g/mol. The highest BCUT2D eigenvalue weighted by molar-refractivity contribution is 8.18. The number of rotatable bonds is 8. The first-order valence-corrected chi connectivity index (χ1v) is 13.2. The smallest absolute Gasteiger partial charge is 0.326 e. The third kappa shape index (κ3) is 5.71. The van der Waals surface area contributed by atoms with Crippen LogP contribution in [0.2, 0.25) is 0 Å². The molecule has 2 amide bonds. The molecular formula is C26H30N4O6S. The molecule has 0 radical (unpaired) electrons. The number of hydrogen-bond acceptors (Lipinski definition) is 8. The van der Waals surface area contributed by atoms with E-state index in [1.54, 1.807) is 25.1 Å². The number of nitro groups is 1. The molecule has 1 aliphatic heterocycles. The highest BCUT2D eigenvalue weighted by Gasteiger charge is 2.37. The Kier molecular flexibility index (Phi) is 8.01. The minimum atomic E-state index is -0.646. The van der Waals surface area contributed by atoms with E-state index in [4.69, 9.17) is 4.74 Å². The van der Waals surface area contributed by atoms with Crippen molar-refractivity contribution in [3.8, 4) is 5.69 Å². The van der Waals surface area contributed by atoms with E-state index in [9.17, 15) is 24.5 Å². The van der Waals surface area contributed by atoms with Crippen LogP contribution in [-0.2, 0) is 14.3 Å². The summed E-state index contributed by atoms with van der Waals surface area (Å²) in [5.41, 5.74) is 3.43. The molecule has 2 heterocycles. The summed E-state index contributed by atoms with van der Waals surface area (Å²) in [6.45, 7) is 5.10. The largest absolute Gasteiger partial charge is 0.465 e. The quantitative estimate of drug-likeness (QED) is 0.211. The van der Waals surface area contributed by atoms with Gasteiger partial charge < -0.3 is 14.6 Å². The van der Waals surface area contributed by atoms with Crippen LogP contribution in [0.3, 0.4) is 0 Å². The number of carbonyl (C=O) groups excluding carboxylic acids is 3. The number of nitrogens with one attached hydrogen (secondary N) is 1. The summed E-state index contributed by atoms with van der Waals surface area (Å²) in [4.78, 5) is 49.5. The number of imide groups is 1. The van der Waals surface area contributed by atoms with Gasteiger partial charge in [0.25, 0.3) is 16.8 Å². The third-order valence-electron chi connectivity index (χ3n) is 6.62. The molecule has 11 heteroatoms. The lowest BCUT2D eigenvalue weighted by molar-refractivity contribution is -0.384. The minimum Gasteiger partial charge on any atom is -0.465 e. The van der Waals surface area contributed by atoms with Crippen molar-refractivity contribution < 1.29 is 24.0 Å². The Morgan fingerprint density at radius 1 is 1.22 bits per heavy atom. The normalized spacial score (nSPS) is 17.5. The van der Waals surface area contributed by atoms with Crippen molar-refractivity contribution in [3.05, 3.63) is 56.2 Å². The Hall–Kier alpha value is -3.60. The summed E-state index contributed by atoms with van der Waals surface area (Å²) in [6, 6.07) is 7.24. The van der Waals surface area contributed by atoms with Crippen molar-refractivity contribution in [3.63, 3.8) is 0 Å². The summed E-state index contributed by atoms with van der Waals surface area (Å²) in [6.07, 6.45) is 7.06. The van der Waals surface area contributed by atoms with E-state index < -0.39 is 23.7 Å². The number of benzene rings is 1. The zero-order valence-electron chi connectivity index (χ0n) is 21.1. The number of nitrogens with zero attached hydrogens (tertiary/aromatic N) is 3. The predicted molar refractivity (Wildman–Crippen MR) is 142 cm³/mol. The monoisotopic (exact) mass is 526 g/mol. The second kappa shape index (κ2) is 11.2. The van der Waals surface area contributed by atoms with Gasteiger partial charge in [0.05, 0.1) is 22.1 Å². The molecule has 1 saturated heterocycles. The molecule has 196 valence electrons. The van der Waals surface area contributed by atoms with Gasteiger partial charge in [0, 0.05) is 23.5 Å². The van der Waals surface area contributed by atoms with Gasteiger partial charge in [0.1, 0.15) is 12.2 Å². The first-order valence-electron chi connectivity index (χ1n) is 12.3. The average Bonchev–Trinajstić information content (AvgIpc) is 3.29. The highest BCUT2D eigenvalue weighted by atomic mass is 32.2. The van der Waals surface area contributed by atoms with Gasteiger partial charge in [-0.05, 0) is 75.2 Å². The summed E-state index contributed by atoms with van der Waals surface area (Å²) in [5.74, 6) is -1.20. The SMILES string of the molecule is CCOC(=O)CN1C(=O)S/C(=C\c2cc(C)n(-c3ccc(NC4CCCCC4)c([N+](=O)[O-])c3)c2C)C1=O. The summed E-state index contributed by atoms with van der Waals surface area (Å²) in [5, 5.41) is 14.7. The molecule has 37 heavy (non-hydrogen) atoms. The van der Waals surface area contributed by atoms with Crippen LogP contribution in [0.5, 0.6) is 0 Å². The number of carbonyl (C=O) groups is 3. The Bertz CT molecular complexity index is 1280. The van der Waals surface area contributed by atoms with E-state index in [2.05, 4.69) is 5.32 Å². The molecule has 1 saturated carbocycles. The van der Waals surface area contributed by atoms with E-state index in [0.717, 1.165) is 53.7 Å². The van der Waals surface area contributed by atoms with Gasteiger partial charge >= 0.3 is 5.97 Å². The fraction of sp³-hybridized carbons (Fsp3) is 0.423. The first kappa shape index (κ1) is 26.5. The molecule has 4 rings (SSSR count). The summed E-state index contributed by atoms with van der Waals surface area (Å²) < 4.78 is 6.73. The van der Waals surface area contributed by atoms with Gasteiger partial charge in [-0.25, -0.2) is 0 Å². The second-order valence-corrected chi connectivity index (χ2v) is 10.2. The van der Waals surface area contributed by atoms with Gasteiger partial charge in [0.2, 0.25) is 0 Å². The first-order chi connectivity index (χ1) is 17.7. The lowest BCUT2D eigenvalue weighted by Crippen LogP contribution is -2.34. The molecule has 1 aromatic heterocycles.